The lowest BCUT2D eigenvalue weighted by Crippen LogP contribution is -2.51. The molecule has 0 aromatic heterocycles. The Morgan fingerprint density at radius 1 is 1.04 bits per heavy atom. The zero-order valence-corrected chi connectivity index (χ0v) is 14.6. The van der Waals surface area contributed by atoms with E-state index in [-0.39, 0.29) is 24.1 Å². The second kappa shape index (κ2) is 6.98. The van der Waals surface area contributed by atoms with Gasteiger partial charge in [0.05, 0.1) is 11.6 Å². The third kappa shape index (κ3) is 3.37. The molecule has 1 N–H and O–H groups in total. The summed E-state index contributed by atoms with van der Waals surface area (Å²) in [5.41, 5.74) is 1.52. The van der Waals surface area contributed by atoms with Crippen LogP contribution in [0.15, 0.2) is 42.5 Å². The molecule has 4 rings (SSSR count). The summed E-state index contributed by atoms with van der Waals surface area (Å²) >= 11 is 0. The second-order valence-electron chi connectivity index (χ2n) is 6.80. The average molecular weight is 371 g/mol. The van der Waals surface area contributed by atoms with Crippen LogP contribution >= 0.6 is 0 Å². The molecule has 0 radical (unpaired) electrons. The molecule has 1 unspecified atom stereocenters. The summed E-state index contributed by atoms with van der Waals surface area (Å²) in [6.07, 6.45) is 0.0466. The predicted molar refractivity (Wildman–Crippen MR) is 97.6 cm³/mol. The Morgan fingerprint density at radius 3 is 2.52 bits per heavy atom. The molecule has 7 heteroatoms. The normalized spacial score (nSPS) is 19.5. The van der Waals surface area contributed by atoms with Crippen molar-refractivity contribution >= 4 is 23.2 Å². The number of nitrogens with zero attached hydrogens (tertiary/aromatic N) is 2. The van der Waals surface area contributed by atoms with Crippen LogP contribution in [0.5, 0.6) is 0 Å². The van der Waals surface area contributed by atoms with E-state index < -0.39 is 11.7 Å². The van der Waals surface area contributed by atoms with E-state index >= 15 is 0 Å². The van der Waals surface area contributed by atoms with E-state index in [0.29, 0.717) is 43.1 Å². The lowest BCUT2D eigenvalue weighted by Gasteiger charge is -2.38. The van der Waals surface area contributed by atoms with Crippen molar-refractivity contribution in [3.8, 4) is 0 Å². The standard InChI is InChI=1S/C20H19F2N3O2/c21-13-5-6-14-15(12-19(26)23-17(14)11-13)20(27)25-9-7-24(8-10-25)18-4-2-1-3-16(18)22/h1-6,11,15H,7-10,12H2,(H,23,26). The van der Waals surface area contributed by atoms with Gasteiger partial charge in [-0.2, -0.15) is 0 Å². The maximum Gasteiger partial charge on any atom is 0.230 e. The van der Waals surface area contributed by atoms with Gasteiger partial charge in [0.25, 0.3) is 0 Å². The van der Waals surface area contributed by atoms with Gasteiger partial charge in [0.15, 0.2) is 0 Å². The highest BCUT2D eigenvalue weighted by molar-refractivity contribution is 6.01. The Morgan fingerprint density at radius 2 is 1.78 bits per heavy atom. The lowest BCUT2D eigenvalue weighted by molar-refractivity contribution is -0.135. The molecule has 1 atom stereocenters. The van der Waals surface area contributed by atoms with Gasteiger partial charge in [-0.1, -0.05) is 18.2 Å². The molecule has 0 aliphatic carbocycles. The molecular formula is C20H19F2N3O2. The highest BCUT2D eigenvalue weighted by Crippen LogP contribution is 2.34. The van der Waals surface area contributed by atoms with Gasteiger partial charge in [-0.3, -0.25) is 9.59 Å². The van der Waals surface area contributed by atoms with E-state index in [2.05, 4.69) is 5.32 Å². The number of para-hydroxylation sites is 1. The van der Waals surface area contributed by atoms with Crippen molar-refractivity contribution in [2.75, 3.05) is 36.4 Å². The van der Waals surface area contributed by atoms with Gasteiger partial charge >= 0.3 is 0 Å². The topological polar surface area (TPSA) is 52.7 Å². The first-order valence-electron chi connectivity index (χ1n) is 8.90. The maximum absolute atomic E-state index is 14.0. The lowest BCUT2D eigenvalue weighted by atomic mass is 9.89. The summed E-state index contributed by atoms with van der Waals surface area (Å²) in [7, 11) is 0. The molecule has 1 saturated heterocycles. The highest BCUT2D eigenvalue weighted by atomic mass is 19.1. The van der Waals surface area contributed by atoms with Crippen LogP contribution in [0, 0.1) is 11.6 Å². The van der Waals surface area contributed by atoms with Crippen LogP contribution in [0.4, 0.5) is 20.2 Å². The van der Waals surface area contributed by atoms with Crippen molar-refractivity contribution in [2.45, 2.75) is 12.3 Å². The Kier molecular flexibility index (Phi) is 4.51. The van der Waals surface area contributed by atoms with Crippen molar-refractivity contribution in [1.29, 1.82) is 0 Å². The Bertz CT molecular complexity index is 895. The number of nitrogens with one attached hydrogen (secondary N) is 1. The Hall–Kier alpha value is -2.96. The zero-order chi connectivity index (χ0) is 19.0. The number of carbonyl (C=O) groups is 2. The van der Waals surface area contributed by atoms with Crippen LogP contribution in [-0.2, 0) is 9.59 Å². The number of hydrogen-bond donors (Lipinski definition) is 1. The monoisotopic (exact) mass is 371 g/mol. The van der Waals surface area contributed by atoms with E-state index in [1.54, 1.807) is 29.2 Å². The molecule has 27 heavy (non-hydrogen) atoms. The van der Waals surface area contributed by atoms with E-state index in [1.165, 1.54) is 18.2 Å². The van der Waals surface area contributed by atoms with Crippen LogP contribution in [0.1, 0.15) is 17.9 Å². The van der Waals surface area contributed by atoms with Gasteiger partial charge in [-0.15, -0.1) is 0 Å². The van der Waals surface area contributed by atoms with Crippen molar-refractivity contribution in [1.82, 2.24) is 4.90 Å². The van der Waals surface area contributed by atoms with Gasteiger partial charge < -0.3 is 15.1 Å². The number of amides is 2. The first-order valence-corrected chi connectivity index (χ1v) is 8.90. The summed E-state index contributed by atoms with van der Waals surface area (Å²) < 4.78 is 27.4. The van der Waals surface area contributed by atoms with E-state index in [9.17, 15) is 18.4 Å². The number of rotatable bonds is 2. The quantitative estimate of drug-likeness (QED) is 0.883. The van der Waals surface area contributed by atoms with E-state index in [4.69, 9.17) is 0 Å². The number of piperazine rings is 1. The largest absolute Gasteiger partial charge is 0.366 e. The Labute approximate surface area is 155 Å². The van der Waals surface area contributed by atoms with Crippen molar-refractivity contribution in [2.24, 2.45) is 0 Å². The smallest absolute Gasteiger partial charge is 0.230 e. The summed E-state index contributed by atoms with van der Waals surface area (Å²) in [5, 5.41) is 2.62. The summed E-state index contributed by atoms with van der Waals surface area (Å²) in [4.78, 5) is 28.6. The van der Waals surface area contributed by atoms with Gasteiger partial charge in [-0.25, -0.2) is 8.78 Å². The summed E-state index contributed by atoms with van der Waals surface area (Å²) in [5.74, 6) is -1.80. The van der Waals surface area contributed by atoms with Crippen LogP contribution < -0.4 is 10.2 Å². The van der Waals surface area contributed by atoms with Gasteiger partial charge in [0.1, 0.15) is 11.6 Å². The summed E-state index contributed by atoms with van der Waals surface area (Å²) in [6.45, 7) is 1.92. The molecular weight excluding hydrogens is 352 g/mol. The fourth-order valence-corrected chi connectivity index (χ4v) is 3.75. The molecule has 2 aliphatic heterocycles. The first kappa shape index (κ1) is 17.5. The predicted octanol–water partition coefficient (Wildman–Crippen LogP) is 2.74. The molecule has 1 fully saturated rings. The first-order chi connectivity index (χ1) is 13.0. The minimum atomic E-state index is -0.616. The van der Waals surface area contributed by atoms with Gasteiger partial charge in [0.2, 0.25) is 11.8 Å². The van der Waals surface area contributed by atoms with Crippen molar-refractivity contribution < 1.29 is 18.4 Å². The molecule has 5 nitrogen and oxygen atoms in total. The number of anilines is 2. The zero-order valence-electron chi connectivity index (χ0n) is 14.6. The minimum Gasteiger partial charge on any atom is -0.366 e. The molecule has 0 bridgehead atoms. The van der Waals surface area contributed by atoms with Crippen LogP contribution in [0.25, 0.3) is 0 Å². The number of carbonyl (C=O) groups excluding carboxylic acids is 2. The van der Waals surface area contributed by atoms with Gasteiger partial charge in [-0.05, 0) is 29.8 Å². The fraction of sp³-hybridized carbons (Fsp3) is 0.300. The molecule has 2 amide bonds. The van der Waals surface area contributed by atoms with E-state index in [1.807, 2.05) is 4.90 Å². The molecule has 0 saturated carbocycles. The van der Waals surface area contributed by atoms with E-state index in [0.717, 1.165) is 0 Å². The molecule has 2 aromatic rings. The number of benzene rings is 2. The third-order valence-corrected chi connectivity index (χ3v) is 5.14. The Balaban J connectivity index is 1.49. The SMILES string of the molecule is O=C1CC(C(=O)N2CCN(c3ccccc3F)CC2)c2ccc(F)cc2N1. The van der Waals surface area contributed by atoms with Crippen LogP contribution in [0.3, 0.4) is 0 Å². The minimum absolute atomic E-state index is 0.0466. The van der Waals surface area contributed by atoms with Crippen LogP contribution in [0.2, 0.25) is 0 Å². The molecule has 2 aromatic carbocycles. The number of hydrogen-bond acceptors (Lipinski definition) is 3. The molecule has 2 heterocycles. The molecule has 0 spiro atoms. The number of halogens is 2. The van der Waals surface area contributed by atoms with Crippen LogP contribution in [-0.4, -0.2) is 42.9 Å². The van der Waals surface area contributed by atoms with Gasteiger partial charge in [0, 0.05) is 38.3 Å². The third-order valence-electron chi connectivity index (χ3n) is 5.14. The maximum atomic E-state index is 14.0. The highest BCUT2D eigenvalue weighted by Gasteiger charge is 2.35. The van der Waals surface area contributed by atoms with Crippen molar-refractivity contribution in [3.63, 3.8) is 0 Å². The summed E-state index contributed by atoms with van der Waals surface area (Å²) in [6, 6.07) is 10.7. The fourth-order valence-electron chi connectivity index (χ4n) is 3.75. The number of fused-ring (bicyclic) bond motifs is 1. The van der Waals surface area contributed by atoms with Crippen molar-refractivity contribution in [3.05, 3.63) is 59.7 Å². The molecule has 2 aliphatic rings. The molecule has 140 valence electrons. The average Bonchev–Trinajstić information content (AvgIpc) is 2.67. The second-order valence-corrected chi connectivity index (χ2v) is 6.80.